The largest absolute Gasteiger partial charge is 0.339 e. The van der Waals surface area contributed by atoms with Crippen LogP contribution in [0.3, 0.4) is 0 Å². The fourth-order valence-corrected chi connectivity index (χ4v) is 3.79. The lowest BCUT2D eigenvalue weighted by molar-refractivity contribution is -0.149. The van der Waals surface area contributed by atoms with Crippen molar-refractivity contribution in [1.82, 2.24) is 4.90 Å². The van der Waals surface area contributed by atoms with Gasteiger partial charge in [0, 0.05) is 18.0 Å². The molecule has 0 aromatic rings. The summed E-state index contributed by atoms with van der Waals surface area (Å²) < 4.78 is 0. The van der Waals surface area contributed by atoms with Crippen LogP contribution in [0.25, 0.3) is 0 Å². The van der Waals surface area contributed by atoms with Crippen LogP contribution < -0.4 is 5.73 Å². The quantitative estimate of drug-likeness (QED) is 0.835. The predicted molar refractivity (Wildman–Crippen MR) is 74.1 cm³/mol. The van der Waals surface area contributed by atoms with Crippen molar-refractivity contribution < 1.29 is 4.79 Å². The molecule has 0 radical (unpaired) electrons. The Kier molecular flexibility index (Phi) is 4.00. The van der Waals surface area contributed by atoms with Gasteiger partial charge in [0.05, 0.1) is 0 Å². The minimum Gasteiger partial charge on any atom is -0.339 e. The van der Waals surface area contributed by atoms with Crippen LogP contribution in [-0.2, 0) is 4.79 Å². The molecule has 104 valence electrons. The van der Waals surface area contributed by atoms with Gasteiger partial charge >= 0.3 is 0 Å². The van der Waals surface area contributed by atoms with Crippen LogP contribution in [0.4, 0.5) is 0 Å². The van der Waals surface area contributed by atoms with Crippen LogP contribution in [0.15, 0.2) is 0 Å². The normalized spacial score (nSPS) is 30.6. The van der Waals surface area contributed by atoms with E-state index < -0.39 is 0 Å². The van der Waals surface area contributed by atoms with Gasteiger partial charge in [-0.3, -0.25) is 4.79 Å². The van der Waals surface area contributed by atoms with Crippen molar-refractivity contribution in [3.63, 3.8) is 0 Å². The smallest absolute Gasteiger partial charge is 0.229 e. The molecule has 18 heavy (non-hydrogen) atoms. The van der Waals surface area contributed by atoms with Crippen LogP contribution in [0.1, 0.15) is 52.9 Å². The Bertz CT molecular complexity index is 310. The van der Waals surface area contributed by atoms with Crippen molar-refractivity contribution in [2.24, 2.45) is 23.0 Å². The molecule has 1 amide bonds. The molecular formula is C15H28N2O. The van der Waals surface area contributed by atoms with Gasteiger partial charge in [-0.05, 0) is 51.0 Å². The summed E-state index contributed by atoms with van der Waals surface area (Å²) in [6.45, 7) is 8.23. The topological polar surface area (TPSA) is 46.3 Å². The second-order valence-electron chi connectivity index (χ2n) is 6.88. The van der Waals surface area contributed by atoms with Gasteiger partial charge < -0.3 is 10.6 Å². The number of amides is 1. The third kappa shape index (κ3) is 2.42. The van der Waals surface area contributed by atoms with Gasteiger partial charge in [0.25, 0.3) is 0 Å². The molecule has 2 atom stereocenters. The van der Waals surface area contributed by atoms with E-state index in [9.17, 15) is 4.79 Å². The van der Waals surface area contributed by atoms with E-state index in [1.54, 1.807) is 0 Å². The Labute approximate surface area is 111 Å². The molecule has 2 aliphatic rings. The summed E-state index contributed by atoms with van der Waals surface area (Å²) in [7, 11) is 0. The number of hydrogen-bond acceptors (Lipinski definition) is 2. The minimum atomic E-state index is -0.0219. The molecule has 1 heterocycles. The molecule has 3 heteroatoms. The Balaban J connectivity index is 2.05. The monoisotopic (exact) mass is 252 g/mol. The van der Waals surface area contributed by atoms with Gasteiger partial charge in [0.1, 0.15) is 0 Å². The number of nitrogens with zero attached hydrogens (tertiary/aromatic N) is 1. The standard InChI is InChI=1S/C15H28N2O/c1-11(2)8-15(5-4-6-15)14(18)17-10-13(9-16)7-12(17)3/h11-13H,4-10,16H2,1-3H3. The van der Waals surface area contributed by atoms with Crippen LogP contribution >= 0.6 is 0 Å². The highest BCUT2D eigenvalue weighted by Gasteiger charge is 2.48. The summed E-state index contributed by atoms with van der Waals surface area (Å²) in [6.07, 6.45) is 5.56. The number of rotatable bonds is 4. The average Bonchev–Trinajstić information content (AvgIpc) is 2.64. The van der Waals surface area contributed by atoms with Gasteiger partial charge in [-0.1, -0.05) is 20.3 Å². The molecule has 1 saturated carbocycles. The Morgan fingerprint density at radius 2 is 2.11 bits per heavy atom. The van der Waals surface area contributed by atoms with Gasteiger partial charge in [-0.25, -0.2) is 0 Å². The van der Waals surface area contributed by atoms with Crippen molar-refractivity contribution in [1.29, 1.82) is 0 Å². The second-order valence-corrected chi connectivity index (χ2v) is 6.88. The van der Waals surface area contributed by atoms with Crippen molar-refractivity contribution in [3.05, 3.63) is 0 Å². The van der Waals surface area contributed by atoms with E-state index in [0.29, 0.717) is 30.3 Å². The van der Waals surface area contributed by atoms with Gasteiger partial charge in [-0.2, -0.15) is 0 Å². The highest BCUT2D eigenvalue weighted by molar-refractivity contribution is 5.84. The van der Waals surface area contributed by atoms with Gasteiger partial charge in [0.2, 0.25) is 5.91 Å². The molecule has 2 N–H and O–H groups in total. The van der Waals surface area contributed by atoms with E-state index in [4.69, 9.17) is 5.73 Å². The zero-order valence-corrected chi connectivity index (χ0v) is 12.1. The minimum absolute atomic E-state index is 0.0219. The van der Waals surface area contributed by atoms with E-state index >= 15 is 0 Å². The maximum atomic E-state index is 12.8. The van der Waals surface area contributed by atoms with Crippen LogP contribution in [0.2, 0.25) is 0 Å². The fraction of sp³-hybridized carbons (Fsp3) is 0.933. The van der Waals surface area contributed by atoms with Crippen molar-refractivity contribution in [2.45, 2.75) is 58.9 Å². The summed E-state index contributed by atoms with van der Waals surface area (Å²) in [5.41, 5.74) is 5.73. The van der Waals surface area contributed by atoms with Crippen LogP contribution in [-0.4, -0.2) is 29.9 Å². The summed E-state index contributed by atoms with van der Waals surface area (Å²) in [4.78, 5) is 15.0. The number of hydrogen-bond donors (Lipinski definition) is 1. The van der Waals surface area contributed by atoms with Gasteiger partial charge in [-0.15, -0.1) is 0 Å². The van der Waals surface area contributed by atoms with Crippen molar-refractivity contribution in [3.8, 4) is 0 Å². The van der Waals surface area contributed by atoms with Crippen molar-refractivity contribution >= 4 is 5.91 Å². The molecule has 2 fully saturated rings. The predicted octanol–water partition coefficient (Wildman–Crippen LogP) is 2.40. The molecular weight excluding hydrogens is 224 g/mol. The number of carbonyl (C=O) groups is 1. The maximum absolute atomic E-state index is 12.8. The summed E-state index contributed by atoms with van der Waals surface area (Å²) in [5.74, 6) is 1.54. The third-order valence-corrected chi connectivity index (χ3v) is 4.82. The summed E-state index contributed by atoms with van der Waals surface area (Å²) >= 11 is 0. The summed E-state index contributed by atoms with van der Waals surface area (Å²) in [6, 6.07) is 0.385. The number of likely N-dealkylation sites (tertiary alicyclic amines) is 1. The first-order valence-corrected chi connectivity index (χ1v) is 7.49. The molecule has 2 rings (SSSR count). The first-order valence-electron chi connectivity index (χ1n) is 7.49. The van der Waals surface area contributed by atoms with Gasteiger partial charge in [0.15, 0.2) is 0 Å². The molecule has 1 aliphatic heterocycles. The number of carbonyl (C=O) groups excluding carboxylic acids is 1. The Morgan fingerprint density at radius 3 is 2.50 bits per heavy atom. The van der Waals surface area contributed by atoms with E-state index in [1.807, 2.05) is 0 Å². The molecule has 0 aromatic heterocycles. The summed E-state index contributed by atoms with van der Waals surface area (Å²) in [5, 5.41) is 0. The lowest BCUT2D eigenvalue weighted by Crippen LogP contribution is -2.49. The molecule has 0 bridgehead atoms. The highest BCUT2D eigenvalue weighted by Crippen LogP contribution is 2.48. The molecule has 0 spiro atoms. The van der Waals surface area contributed by atoms with Crippen molar-refractivity contribution in [2.75, 3.05) is 13.1 Å². The lowest BCUT2D eigenvalue weighted by Gasteiger charge is -2.45. The Hall–Kier alpha value is -0.570. The molecule has 1 saturated heterocycles. The second kappa shape index (κ2) is 5.20. The highest BCUT2D eigenvalue weighted by atomic mass is 16.2. The first-order chi connectivity index (χ1) is 8.48. The van der Waals surface area contributed by atoms with E-state index in [0.717, 1.165) is 32.2 Å². The first kappa shape index (κ1) is 13.9. The SMILES string of the molecule is CC(C)CC1(C(=O)N2CC(CN)CC2C)CCC1. The zero-order chi connectivity index (χ0) is 13.3. The van der Waals surface area contributed by atoms with E-state index in [-0.39, 0.29) is 5.41 Å². The molecule has 3 nitrogen and oxygen atoms in total. The molecule has 2 unspecified atom stereocenters. The lowest BCUT2D eigenvalue weighted by atomic mass is 9.63. The zero-order valence-electron chi connectivity index (χ0n) is 12.1. The maximum Gasteiger partial charge on any atom is 0.229 e. The van der Waals surface area contributed by atoms with Crippen LogP contribution in [0.5, 0.6) is 0 Å². The molecule has 0 aromatic carbocycles. The van der Waals surface area contributed by atoms with E-state index in [1.165, 1.54) is 6.42 Å². The fourth-order valence-electron chi connectivity index (χ4n) is 3.79. The molecule has 1 aliphatic carbocycles. The van der Waals surface area contributed by atoms with Crippen LogP contribution in [0, 0.1) is 17.3 Å². The van der Waals surface area contributed by atoms with E-state index in [2.05, 4.69) is 25.7 Å². The third-order valence-electron chi connectivity index (χ3n) is 4.82. The number of nitrogens with two attached hydrogens (primary N) is 1. The Morgan fingerprint density at radius 1 is 1.44 bits per heavy atom. The average molecular weight is 252 g/mol.